The summed E-state index contributed by atoms with van der Waals surface area (Å²) in [6.07, 6.45) is 0.335. The second-order valence-corrected chi connectivity index (χ2v) is 3.03. The SMILES string of the molecule is CC(C)=C(C)C(C)O[SiH3]. The third-order valence-corrected chi connectivity index (χ3v) is 2.46. The molecule has 0 saturated heterocycles. The third kappa shape index (κ3) is 2.82. The molecule has 0 radical (unpaired) electrons. The van der Waals surface area contributed by atoms with E-state index in [9.17, 15) is 0 Å². The lowest BCUT2D eigenvalue weighted by Gasteiger charge is -2.11. The second kappa shape index (κ2) is 3.85. The molecule has 54 valence electrons. The van der Waals surface area contributed by atoms with E-state index in [0.717, 1.165) is 10.5 Å². The Morgan fingerprint density at radius 1 is 1.33 bits per heavy atom. The zero-order chi connectivity index (χ0) is 7.44. The summed E-state index contributed by atoms with van der Waals surface area (Å²) in [6, 6.07) is 0. The van der Waals surface area contributed by atoms with Gasteiger partial charge in [-0.05, 0) is 33.3 Å². The van der Waals surface area contributed by atoms with E-state index in [1.165, 1.54) is 11.1 Å². The Morgan fingerprint density at radius 2 is 1.78 bits per heavy atom. The van der Waals surface area contributed by atoms with Crippen LogP contribution in [0.2, 0.25) is 0 Å². The molecule has 9 heavy (non-hydrogen) atoms. The Balaban J connectivity index is 4.02. The maximum absolute atomic E-state index is 5.25. The highest BCUT2D eigenvalue weighted by Gasteiger charge is 2.00. The minimum atomic E-state index is 0.335. The van der Waals surface area contributed by atoms with E-state index in [-0.39, 0.29) is 0 Å². The Kier molecular flexibility index (Phi) is 3.82. The molecule has 1 atom stereocenters. The van der Waals surface area contributed by atoms with E-state index >= 15 is 0 Å². The van der Waals surface area contributed by atoms with E-state index in [1.807, 2.05) is 0 Å². The number of hydrogen-bond donors (Lipinski definition) is 0. The Morgan fingerprint density at radius 3 is 1.89 bits per heavy atom. The summed E-state index contributed by atoms with van der Waals surface area (Å²) in [5, 5.41) is 0. The topological polar surface area (TPSA) is 9.23 Å². The van der Waals surface area contributed by atoms with Crippen molar-refractivity contribution in [2.45, 2.75) is 33.8 Å². The summed E-state index contributed by atoms with van der Waals surface area (Å²) in [7, 11) is 0.832. The van der Waals surface area contributed by atoms with Gasteiger partial charge in [0, 0.05) is 0 Å². The van der Waals surface area contributed by atoms with E-state index in [0.29, 0.717) is 6.10 Å². The smallest absolute Gasteiger partial charge is 0.146 e. The van der Waals surface area contributed by atoms with Gasteiger partial charge in [-0.15, -0.1) is 0 Å². The van der Waals surface area contributed by atoms with Crippen molar-refractivity contribution >= 4 is 10.5 Å². The van der Waals surface area contributed by atoms with E-state index in [4.69, 9.17) is 4.43 Å². The van der Waals surface area contributed by atoms with Crippen molar-refractivity contribution in [3.8, 4) is 0 Å². The highest BCUT2D eigenvalue weighted by Crippen LogP contribution is 2.08. The highest BCUT2D eigenvalue weighted by molar-refractivity contribution is 5.98. The molecule has 0 bridgehead atoms. The lowest BCUT2D eigenvalue weighted by molar-refractivity contribution is 0.282. The van der Waals surface area contributed by atoms with Crippen molar-refractivity contribution in [3.05, 3.63) is 11.1 Å². The minimum absolute atomic E-state index is 0.335. The summed E-state index contributed by atoms with van der Waals surface area (Å²) in [5.74, 6) is 0. The van der Waals surface area contributed by atoms with Crippen molar-refractivity contribution < 1.29 is 4.43 Å². The zero-order valence-corrected chi connectivity index (χ0v) is 8.99. The molecule has 0 spiro atoms. The first-order valence-electron chi connectivity index (χ1n) is 3.26. The van der Waals surface area contributed by atoms with Crippen LogP contribution in [0.4, 0.5) is 0 Å². The predicted molar refractivity (Wildman–Crippen MR) is 44.5 cm³/mol. The zero-order valence-electron chi connectivity index (χ0n) is 6.99. The molecule has 0 aromatic carbocycles. The van der Waals surface area contributed by atoms with Crippen LogP contribution in [-0.4, -0.2) is 16.6 Å². The fourth-order valence-electron chi connectivity index (χ4n) is 0.583. The average Bonchev–Trinajstić information content (AvgIpc) is 1.84. The maximum Gasteiger partial charge on any atom is 0.146 e. The Labute approximate surface area is 60.6 Å². The largest absolute Gasteiger partial charge is 0.422 e. The monoisotopic (exact) mass is 144 g/mol. The molecule has 1 unspecified atom stereocenters. The molecule has 0 fully saturated rings. The first kappa shape index (κ1) is 8.92. The van der Waals surface area contributed by atoms with Crippen LogP contribution in [0.1, 0.15) is 27.7 Å². The van der Waals surface area contributed by atoms with Crippen molar-refractivity contribution in [3.63, 3.8) is 0 Å². The molecular formula is C7H16OSi. The Hall–Kier alpha value is -0.0831. The molecule has 0 saturated carbocycles. The number of allylic oxidation sites excluding steroid dienone is 1. The maximum atomic E-state index is 5.25. The fourth-order valence-corrected chi connectivity index (χ4v) is 0.937. The normalized spacial score (nSPS) is 13.3. The van der Waals surface area contributed by atoms with Crippen LogP contribution in [-0.2, 0) is 4.43 Å². The summed E-state index contributed by atoms with van der Waals surface area (Å²) in [4.78, 5) is 0. The first-order valence-corrected chi connectivity index (χ1v) is 4.08. The molecule has 0 amide bonds. The summed E-state index contributed by atoms with van der Waals surface area (Å²) >= 11 is 0. The van der Waals surface area contributed by atoms with Gasteiger partial charge in [0.05, 0.1) is 6.10 Å². The standard InChI is InChI=1S/C7H16OSi/c1-5(2)6(3)7(4)8-9/h7H,1-4,9H3. The van der Waals surface area contributed by atoms with Crippen molar-refractivity contribution in [1.82, 2.24) is 0 Å². The van der Waals surface area contributed by atoms with Crippen LogP contribution in [0.25, 0.3) is 0 Å². The van der Waals surface area contributed by atoms with E-state index < -0.39 is 0 Å². The van der Waals surface area contributed by atoms with Gasteiger partial charge in [-0.25, -0.2) is 0 Å². The van der Waals surface area contributed by atoms with Crippen molar-refractivity contribution in [2.24, 2.45) is 0 Å². The number of hydrogen-bond acceptors (Lipinski definition) is 1. The van der Waals surface area contributed by atoms with E-state index in [1.54, 1.807) is 0 Å². The molecule has 0 aliphatic heterocycles. The second-order valence-electron chi connectivity index (χ2n) is 2.56. The van der Waals surface area contributed by atoms with Gasteiger partial charge in [0.2, 0.25) is 0 Å². The lowest BCUT2D eigenvalue weighted by atomic mass is 10.1. The molecule has 0 heterocycles. The van der Waals surface area contributed by atoms with Crippen LogP contribution in [0.15, 0.2) is 11.1 Å². The quantitative estimate of drug-likeness (QED) is 0.415. The molecule has 0 aliphatic carbocycles. The van der Waals surface area contributed by atoms with Gasteiger partial charge < -0.3 is 4.43 Å². The molecular weight excluding hydrogens is 128 g/mol. The van der Waals surface area contributed by atoms with Crippen molar-refractivity contribution in [2.75, 3.05) is 0 Å². The van der Waals surface area contributed by atoms with Gasteiger partial charge >= 0.3 is 0 Å². The average molecular weight is 144 g/mol. The fraction of sp³-hybridized carbons (Fsp3) is 0.714. The van der Waals surface area contributed by atoms with Gasteiger partial charge in [0.25, 0.3) is 0 Å². The minimum Gasteiger partial charge on any atom is -0.422 e. The third-order valence-electron chi connectivity index (χ3n) is 1.75. The lowest BCUT2D eigenvalue weighted by Crippen LogP contribution is -2.07. The van der Waals surface area contributed by atoms with Gasteiger partial charge in [0.15, 0.2) is 0 Å². The molecule has 2 heteroatoms. The van der Waals surface area contributed by atoms with Gasteiger partial charge in [-0.1, -0.05) is 5.57 Å². The van der Waals surface area contributed by atoms with E-state index in [2.05, 4.69) is 27.7 Å². The Bertz CT molecular complexity index is 114. The molecule has 0 aromatic heterocycles. The van der Waals surface area contributed by atoms with Gasteiger partial charge in [-0.3, -0.25) is 0 Å². The van der Waals surface area contributed by atoms with Crippen LogP contribution < -0.4 is 0 Å². The van der Waals surface area contributed by atoms with Crippen LogP contribution in [0.3, 0.4) is 0 Å². The van der Waals surface area contributed by atoms with Crippen LogP contribution in [0.5, 0.6) is 0 Å². The molecule has 1 nitrogen and oxygen atoms in total. The summed E-state index contributed by atoms with van der Waals surface area (Å²) < 4.78 is 5.25. The molecule has 0 aromatic rings. The molecule has 0 N–H and O–H groups in total. The van der Waals surface area contributed by atoms with Crippen LogP contribution in [0, 0.1) is 0 Å². The summed E-state index contributed by atoms with van der Waals surface area (Å²) in [5.41, 5.74) is 2.74. The molecule has 0 rings (SSSR count). The highest BCUT2D eigenvalue weighted by atomic mass is 28.2. The summed E-state index contributed by atoms with van der Waals surface area (Å²) in [6.45, 7) is 8.45. The van der Waals surface area contributed by atoms with Crippen LogP contribution >= 0.6 is 0 Å². The molecule has 0 aliphatic rings. The van der Waals surface area contributed by atoms with Crippen molar-refractivity contribution in [1.29, 1.82) is 0 Å². The first-order chi connectivity index (χ1) is 4.09. The predicted octanol–water partition coefficient (Wildman–Crippen LogP) is 1.03. The van der Waals surface area contributed by atoms with Gasteiger partial charge in [0.1, 0.15) is 10.5 Å². The number of rotatable bonds is 2. The van der Waals surface area contributed by atoms with Gasteiger partial charge in [-0.2, -0.15) is 0 Å².